The Morgan fingerprint density at radius 2 is 2.26 bits per heavy atom. The number of nitrogens with one attached hydrogen (secondary N) is 1. The molecule has 1 fully saturated rings. The number of aromatic nitrogens is 1. The summed E-state index contributed by atoms with van der Waals surface area (Å²) in [4.78, 5) is 15.7. The number of rotatable bonds is 6. The number of nitrogens with zero attached hydrogens (tertiary/aromatic N) is 1. The monoisotopic (exact) mass is 264 g/mol. The quantitative estimate of drug-likeness (QED) is 0.825. The largest absolute Gasteiger partial charge is 0.379 e. The molecule has 2 heterocycles. The second-order valence-corrected chi connectivity index (χ2v) is 4.67. The number of hydrogen-bond acceptors (Lipinski definition) is 4. The highest BCUT2D eigenvalue weighted by molar-refractivity contribution is 5.77. The van der Waals surface area contributed by atoms with Gasteiger partial charge in [-0.05, 0) is 31.0 Å². The zero-order valence-electron chi connectivity index (χ0n) is 11.2. The van der Waals surface area contributed by atoms with E-state index < -0.39 is 0 Å². The Morgan fingerprint density at radius 1 is 1.47 bits per heavy atom. The molecule has 0 unspecified atom stereocenters. The van der Waals surface area contributed by atoms with Gasteiger partial charge in [-0.25, -0.2) is 0 Å². The van der Waals surface area contributed by atoms with Crippen LogP contribution in [0, 0.1) is 5.92 Å². The van der Waals surface area contributed by atoms with Crippen LogP contribution >= 0.6 is 0 Å². The molecule has 2 atom stereocenters. The van der Waals surface area contributed by atoms with Crippen molar-refractivity contribution in [2.45, 2.75) is 19.4 Å². The Bertz CT molecular complexity index is 397. The number of amides is 1. The van der Waals surface area contributed by atoms with Gasteiger partial charge in [0.15, 0.2) is 0 Å². The van der Waals surface area contributed by atoms with Crippen LogP contribution in [-0.2, 0) is 20.7 Å². The lowest BCUT2D eigenvalue weighted by atomic mass is 9.95. The van der Waals surface area contributed by atoms with E-state index in [2.05, 4.69) is 10.3 Å². The van der Waals surface area contributed by atoms with E-state index in [0.717, 1.165) is 6.42 Å². The first kappa shape index (κ1) is 14.0. The van der Waals surface area contributed by atoms with Crippen LogP contribution in [0.2, 0.25) is 0 Å². The zero-order valence-corrected chi connectivity index (χ0v) is 11.2. The standard InChI is InChI=1S/C14H20N2O3/c1-2-18-10-14(17)16-13-9-19-8-12(13)7-11-3-5-15-6-4-11/h3-6,12-13H,2,7-10H2,1H3,(H,16,17)/t12-,13+/m1/s1. The van der Waals surface area contributed by atoms with Crippen LogP contribution in [0.25, 0.3) is 0 Å². The van der Waals surface area contributed by atoms with Gasteiger partial charge < -0.3 is 14.8 Å². The molecule has 5 heteroatoms. The Morgan fingerprint density at radius 3 is 3.00 bits per heavy atom. The predicted molar refractivity (Wildman–Crippen MR) is 70.7 cm³/mol. The minimum absolute atomic E-state index is 0.0705. The summed E-state index contributed by atoms with van der Waals surface area (Å²) in [5.74, 6) is 0.241. The summed E-state index contributed by atoms with van der Waals surface area (Å²) in [6, 6.07) is 4.07. The maximum absolute atomic E-state index is 11.7. The molecule has 1 aromatic heterocycles. The lowest BCUT2D eigenvalue weighted by Crippen LogP contribution is -2.42. The van der Waals surface area contributed by atoms with E-state index in [1.165, 1.54) is 5.56 Å². The maximum atomic E-state index is 11.7. The van der Waals surface area contributed by atoms with Gasteiger partial charge in [0.25, 0.3) is 0 Å². The average Bonchev–Trinajstić information content (AvgIpc) is 2.85. The molecule has 1 aromatic rings. The molecule has 0 bridgehead atoms. The number of carbonyl (C=O) groups excluding carboxylic acids is 1. The van der Waals surface area contributed by atoms with E-state index in [4.69, 9.17) is 9.47 Å². The molecule has 1 aliphatic heterocycles. The van der Waals surface area contributed by atoms with Gasteiger partial charge >= 0.3 is 0 Å². The molecular formula is C14H20N2O3. The number of carbonyl (C=O) groups is 1. The van der Waals surface area contributed by atoms with E-state index in [9.17, 15) is 4.79 Å². The minimum atomic E-state index is -0.0721. The number of ether oxygens (including phenoxy) is 2. The Kier molecular flexibility index (Phi) is 5.30. The molecule has 1 amide bonds. The molecule has 19 heavy (non-hydrogen) atoms. The average molecular weight is 264 g/mol. The van der Waals surface area contributed by atoms with Gasteiger partial charge in [0.2, 0.25) is 5.91 Å². The van der Waals surface area contributed by atoms with Crippen LogP contribution in [0.5, 0.6) is 0 Å². The SMILES string of the molecule is CCOCC(=O)N[C@H]1COC[C@H]1Cc1ccncc1. The van der Waals surface area contributed by atoms with Gasteiger partial charge in [0, 0.05) is 24.9 Å². The lowest BCUT2D eigenvalue weighted by Gasteiger charge is -2.19. The first-order valence-electron chi connectivity index (χ1n) is 6.63. The van der Waals surface area contributed by atoms with Crippen molar-refractivity contribution in [1.82, 2.24) is 10.3 Å². The van der Waals surface area contributed by atoms with E-state index in [0.29, 0.717) is 25.7 Å². The van der Waals surface area contributed by atoms with E-state index >= 15 is 0 Å². The fraction of sp³-hybridized carbons (Fsp3) is 0.571. The molecule has 0 spiro atoms. The maximum Gasteiger partial charge on any atom is 0.246 e. The fourth-order valence-corrected chi connectivity index (χ4v) is 2.22. The van der Waals surface area contributed by atoms with Crippen LogP contribution < -0.4 is 5.32 Å². The van der Waals surface area contributed by atoms with Crippen molar-refractivity contribution in [3.05, 3.63) is 30.1 Å². The van der Waals surface area contributed by atoms with Gasteiger partial charge in [-0.15, -0.1) is 0 Å². The van der Waals surface area contributed by atoms with Crippen LogP contribution in [0.3, 0.4) is 0 Å². The van der Waals surface area contributed by atoms with Gasteiger partial charge in [0.05, 0.1) is 19.3 Å². The van der Waals surface area contributed by atoms with E-state index in [1.54, 1.807) is 12.4 Å². The van der Waals surface area contributed by atoms with Crippen LogP contribution in [-0.4, -0.2) is 43.4 Å². The molecular weight excluding hydrogens is 244 g/mol. The first-order valence-corrected chi connectivity index (χ1v) is 6.63. The molecule has 104 valence electrons. The second kappa shape index (κ2) is 7.21. The second-order valence-electron chi connectivity index (χ2n) is 4.67. The van der Waals surface area contributed by atoms with Crippen LogP contribution in [0.1, 0.15) is 12.5 Å². The summed E-state index contributed by atoms with van der Waals surface area (Å²) in [6.45, 7) is 3.80. The Balaban J connectivity index is 1.85. The molecule has 1 aliphatic rings. The minimum Gasteiger partial charge on any atom is -0.379 e. The van der Waals surface area contributed by atoms with Gasteiger partial charge in [0.1, 0.15) is 6.61 Å². The van der Waals surface area contributed by atoms with Gasteiger partial charge in [-0.2, -0.15) is 0 Å². The third kappa shape index (κ3) is 4.29. The van der Waals surface area contributed by atoms with Crippen molar-refractivity contribution in [2.24, 2.45) is 5.92 Å². The summed E-state index contributed by atoms with van der Waals surface area (Å²) in [6.07, 6.45) is 4.46. The molecule has 5 nitrogen and oxygen atoms in total. The summed E-state index contributed by atoms with van der Waals surface area (Å²) in [5.41, 5.74) is 1.22. The highest BCUT2D eigenvalue weighted by atomic mass is 16.5. The molecule has 0 radical (unpaired) electrons. The summed E-state index contributed by atoms with van der Waals surface area (Å²) in [7, 11) is 0. The Labute approximate surface area is 113 Å². The van der Waals surface area contributed by atoms with Crippen molar-refractivity contribution < 1.29 is 14.3 Å². The van der Waals surface area contributed by atoms with Crippen molar-refractivity contribution >= 4 is 5.91 Å². The number of hydrogen-bond donors (Lipinski definition) is 1. The zero-order chi connectivity index (χ0) is 13.5. The fourth-order valence-electron chi connectivity index (χ4n) is 2.22. The van der Waals surface area contributed by atoms with Crippen molar-refractivity contribution in [1.29, 1.82) is 0 Å². The van der Waals surface area contributed by atoms with Crippen molar-refractivity contribution in [3.63, 3.8) is 0 Å². The highest BCUT2D eigenvalue weighted by Crippen LogP contribution is 2.18. The third-order valence-corrected chi connectivity index (χ3v) is 3.23. The Hall–Kier alpha value is -1.46. The van der Waals surface area contributed by atoms with Gasteiger partial charge in [-0.3, -0.25) is 9.78 Å². The van der Waals surface area contributed by atoms with E-state index in [1.807, 2.05) is 19.1 Å². The van der Waals surface area contributed by atoms with Gasteiger partial charge in [-0.1, -0.05) is 0 Å². The molecule has 0 aromatic carbocycles. The van der Waals surface area contributed by atoms with Crippen molar-refractivity contribution in [3.8, 4) is 0 Å². The predicted octanol–water partition coefficient (Wildman–Crippen LogP) is 0.792. The molecule has 1 saturated heterocycles. The first-order chi connectivity index (χ1) is 9.29. The molecule has 0 saturated carbocycles. The molecule has 0 aliphatic carbocycles. The molecule has 1 N–H and O–H groups in total. The summed E-state index contributed by atoms with van der Waals surface area (Å²) < 4.78 is 10.6. The summed E-state index contributed by atoms with van der Waals surface area (Å²) >= 11 is 0. The van der Waals surface area contributed by atoms with E-state index in [-0.39, 0.29) is 18.6 Å². The third-order valence-electron chi connectivity index (χ3n) is 3.23. The van der Waals surface area contributed by atoms with Crippen LogP contribution in [0.4, 0.5) is 0 Å². The highest BCUT2D eigenvalue weighted by Gasteiger charge is 2.29. The summed E-state index contributed by atoms with van der Waals surface area (Å²) in [5, 5.41) is 2.98. The van der Waals surface area contributed by atoms with Crippen LogP contribution in [0.15, 0.2) is 24.5 Å². The van der Waals surface area contributed by atoms with Crippen molar-refractivity contribution in [2.75, 3.05) is 26.4 Å². The molecule has 2 rings (SSSR count). The topological polar surface area (TPSA) is 60.5 Å². The normalized spacial score (nSPS) is 22.4. The number of pyridine rings is 1. The lowest BCUT2D eigenvalue weighted by molar-refractivity contribution is -0.126. The smallest absolute Gasteiger partial charge is 0.246 e.